The molecule has 1 fully saturated rings. The average molecular weight is 367 g/mol. The van der Waals surface area contributed by atoms with Gasteiger partial charge in [0, 0.05) is 44.0 Å². The molecule has 0 atom stereocenters. The predicted octanol–water partition coefficient (Wildman–Crippen LogP) is 3.76. The summed E-state index contributed by atoms with van der Waals surface area (Å²) < 4.78 is 0. The van der Waals surface area contributed by atoms with Gasteiger partial charge in [-0.15, -0.1) is 0 Å². The molecule has 144 valence electrons. The van der Waals surface area contributed by atoms with Crippen LogP contribution in [0.4, 0.5) is 5.69 Å². The molecular weight excluding hydrogens is 336 g/mol. The van der Waals surface area contributed by atoms with E-state index in [9.17, 15) is 9.90 Å². The van der Waals surface area contributed by atoms with Gasteiger partial charge in [-0.3, -0.25) is 9.69 Å². The fraction of sp³-hybridized carbons (Fsp3) is 0.435. The second-order valence-corrected chi connectivity index (χ2v) is 7.62. The summed E-state index contributed by atoms with van der Waals surface area (Å²) in [6, 6.07) is 14.0. The van der Waals surface area contributed by atoms with E-state index in [1.54, 1.807) is 6.07 Å². The lowest BCUT2D eigenvalue weighted by Crippen LogP contribution is -2.46. The second-order valence-electron chi connectivity index (χ2n) is 7.62. The molecule has 2 aromatic carbocycles. The van der Waals surface area contributed by atoms with E-state index in [4.69, 9.17) is 0 Å². The lowest BCUT2D eigenvalue weighted by molar-refractivity contribution is 0.246. The van der Waals surface area contributed by atoms with Crippen molar-refractivity contribution in [3.8, 4) is 5.75 Å². The van der Waals surface area contributed by atoms with Gasteiger partial charge in [-0.2, -0.15) is 0 Å². The normalized spacial score (nSPS) is 15.3. The average Bonchev–Trinajstić information content (AvgIpc) is 2.82. The largest absolute Gasteiger partial charge is 0.504 e. The monoisotopic (exact) mass is 366 g/mol. The molecule has 0 radical (unpaired) electrons. The summed E-state index contributed by atoms with van der Waals surface area (Å²) in [4.78, 5) is 17.0. The van der Waals surface area contributed by atoms with E-state index in [-0.39, 0.29) is 17.1 Å². The molecule has 4 nitrogen and oxygen atoms in total. The number of piperazine rings is 1. The fourth-order valence-electron chi connectivity index (χ4n) is 3.69. The first kappa shape index (κ1) is 19.4. The first-order valence-electron chi connectivity index (χ1n) is 9.91. The molecule has 0 spiro atoms. The zero-order valence-corrected chi connectivity index (χ0v) is 16.6. The standard InChI is InChI=1S/C23H30N2O2/c1-4-18-7-5-6-8-21(18)25-13-11-24(12-14-25)16-20-10-9-19(17(2)3)15-22(26)23(20)27/h5-10,15,17H,4,11-14,16H2,1-3H3,(H,26,27). The van der Waals surface area contributed by atoms with Crippen molar-refractivity contribution in [3.05, 3.63) is 69.4 Å². The first-order valence-corrected chi connectivity index (χ1v) is 9.91. The maximum absolute atomic E-state index is 12.2. The number of aryl methyl sites for hydroxylation is 1. The highest BCUT2D eigenvalue weighted by Crippen LogP contribution is 2.23. The van der Waals surface area contributed by atoms with Crippen LogP contribution in [0.25, 0.3) is 0 Å². The zero-order chi connectivity index (χ0) is 19.4. The summed E-state index contributed by atoms with van der Waals surface area (Å²) >= 11 is 0. The summed E-state index contributed by atoms with van der Waals surface area (Å²) in [7, 11) is 0. The molecule has 1 aliphatic heterocycles. The van der Waals surface area contributed by atoms with Crippen molar-refractivity contribution in [1.82, 2.24) is 4.90 Å². The molecule has 1 aliphatic rings. The molecule has 0 aliphatic carbocycles. The molecule has 0 amide bonds. The van der Waals surface area contributed by atoms with E-state index in [1.807, 2.05) is 12.1 Å². The molecule has 0 saturated carbocycles. The summed E-state index contributed by atoms with van der Waals surface area (Å²) in [6.07, 6.45) is 1.04. The van der Waals surface area contributed by atoms with E-state index < -0.39 is 0 Å². The van der Waals surface area contributed by atoms with Gasteiger partial charge in [0.25, 0.3) is 0 Å². The Morgan fingerprint density at radius 2 is 1.70 bits per heavy atom. The molecule has 27 heavy (non-hydrogen) atoms. The molecule has 0 aromatic heterocycles. The SMILES string of the molecule is CCc1ccccc1N1CCN(Cc2ccc(C(C)C)cc(=O)c2O)CC1. The summed E-state index contributed by atoms with van der Waals surface area (Å²) in [5.74, 6) is 0.153. The topological polar surface area (TPSA) is 43.8 Å². The Bertz CT molecular complexity index is 840. The van der Waals surface area contributed by atoms with Gasteiger partial charge in [-0.1, -0.05) is 51.1 Å². The Balaban J connectivity index is 1.70. The smallest absolute Gasteiger partial charge is 0.220 e. The van der Waals surface area contributed by atoms with Crippen molar-refractivity contribution in [2.24, 2.45) is 0 Å². The minimum absolute atomic E-state index is 0.111. The number of aromatic hydroxyl groups is 1. The lowest BCUT2D eigenvalue weighted by atomic mass is 10.1. The van der Waals surface area contributed by atoms with Crippen LogP contribution in [0.1, 0.15) is 43.4 Å². The highest BCUT2D eigenvalue weighted by atomic mass is 16.3. The van der Waals surface area contributed by atoms with Crippen molar-refractivity contribution >= 4 is 5.69 Å². The molecule has 1 saturated heterocycles. The molecule has 0 unspecified atom stereocenters. The summed E-state index contributed by atoms with van der Waals surface area (Å²) in [5.41, 5.74) is 4.11. The number of anilines is 1. The van der Waals surface area contributed by atoms with Crippen LogP contribution in [-0.4, -0.2) is 36.2 Å². The molecular formula is C23H30N2O2. The van der Waals surface area contributed by atoms with Gasteiger partial charge in [0.2, 0.25) is 5.43 Å². The molecule has 1 heterocycles. The van der Waals surface area contributed by atoms with Gasteiger partial charge >= 0.3 is 0 Å². The maximum atomic E-state index is 12.2. The Labute approximate surface area is 162 Å². The van der Waals surface area contributed by atoms with Crippen molar-refractivity contribution in [1.29, 1.82) is 0 Å². The third-order valence-electron chi connectivity index (χ3n) is 5.46. The van der Waals surface area contributed by atoms with Crippen molar-refractivity contribution in [3.63, 3.8) is 0 Å². The van der Waals surface area contributed by atoms with Crippen LogP contribution in [0.15, 0.2) is 47.3 Å². The number of hydrogen-bond donors (Lipinski definition) is 1. The predicted molar refractivity (Wildman–Crippen MR) is 112 cm³/mol. The first-order chi connectivity index (χ1) is 13.0. The van der Waals surface area contributed by atoms with Crippen LogP contribution in [0.5, 0.6) is 5.75 Å². The Morgan fingerprint density at radius 3 is 2.37 bits per heavy atom. The van der Waals surface area contributed by atoms with Crippen LogP contribution in [0.2, 0.25) is 0 Å². The number of rotatable bonds is 5. The van der Waals surface area contributed by atoms with Gasteiger partial charge in [0.1, 0.15) is 0 Å². The maximum Gasteiger partial charge on any atom is 0.220 e. The highest BCUT2D eigenvalue weighted by Gasteiger charge is 2.20. The van der Waals surface area contributed by atoms with Crippen molar-refractivity contribution in [2.45, 2.75) is 39.7 Å². The van der Waals surface area contributed by atoms with E-state index in [0.717, 1.165) is 38.2 Å². The fourth-order valence-corrected chi connectivity index (χ4v) is 3.69. The van der Waals surface area contributed by atoms with Crippen LogP contribution >= 0.6 is 0 Å². The third kappa shape index (κ3) is 4.51. The van der Waals surface area contributed by atoms with Crippen molar-refractivity contribution in [2.75, 3.05) is 31.1 Å². The quantitative estimate of drug-likeness (QED) is 0.875. The molecule has 4 heteroatoms. The van der Waals surface area contributed by atoms with Gasteiger partial charge in [-0.05, 0) is 35.6 Å². The van der Waals surface area contributed by atoms with Crippen molar-refractivity contribution < 1.29 is 5.11 Å². The van der Waals surface area contributed by atoms with E-state index in [1.165, 1.54) is 11.3 Å². The Hall–Kier alpha value is -2.33. The van der Waals surface area contributed by atoms with Gasteiger partial charge < -0.3 is 10.0 Å². The molecule has 2 aromatic rings. The van der Waals surface area contributed by atoms with Crippen LogP contribution in [-0.2, 0) is 13.0 Å². The number of hydrogen-bond acceptors (Lipinski definition) is 4. The van der Waals surface area contributed by atoms with Crippen LogP contribution < -0.4 is 10.3 Å². The zero-order valence-electron chi connectivity index (χ0n) is 16.6. The Morgan fingerprint density at radius 1 is 1.00 bits per heavy atom. The second kappa shape index (κ2) is 8.57. The molecule has 0 bridgehead atoms. The molecule has 3 rings (SSSR count). The van der Waals surface area contributed by atoms with Crippen LogP contribution in [0.3, 0.4) is 0 Å². The third-order valence-corrected chi connectivity index (χ3v) is 5.46. The summed E-state index contributed by atoms with van der Waals surface area (Å²) in [6.45, 7) is 10.7. The summed E-state index contributed by atoms with van der Waals surface area (Å²) in [5, 5.41) is 10.3. The van der Waals surface area contributed by atoms with E-state index >= 15 is 0 Å². The number of benzene rings is 1. The molecule has 1 N–H and O–H groups in total. The minimum atomic E-state index is -0.283. The van der Waals surface area contributed by atoms with Gasteiger partial charge in [-0.25, -0.2) is 0 Å². The highest BCUT2D eigenvalue weighted by molar-refractivity contribution is 5.54. The number of nitrogens with zero attached hydrogens (tertiary/aromatic N) is 2. The van der Waals surface area contributed by atoms with Gasteiger partial charge in [0.15, 0.2) is 5.75 Å². The lowest BCUT2D eigenvalue weighted by Gasteiger charge is -2.37. The number of para-hydroxylation sites is 1. The minimum Gasteiger partial charge on any atom is -0.504 e. The van der Waals surface area contributed by atoms with E-state index in [2.05, 4.69) is 54.8 Å². The van der Waals surface area contributed by atoms with Crippen LogP contribution in [0, 0.1) is 0 Å². The Kier molecular flexibility index (Phi) is 6.17. The van der Waals surface area contributed by atoms with E-state index in [0.29, 0.717) is 12.1 Å². The van der Waals surface area contributed by atoms with Gasteiger partial charge in [0.05, 0.1) is 0 Å².